The summed E-state index contributed by atoms with van der Waals surface area (Å²) < 4.78 is 12.9. The Labute approximate surface area is 97.3 Å². The lowest BCUT2D eigenvalue weighted by Gasteiger charge is -2.28. The summed E-state index contributed by atoms with van der Waals surface area (Å²) in [4.78, 5) is 0. The molecule has 1 aromatic rings. The molecule has 1 atom stereocenters. The van der Waals surface area contributed by atoms with Crippen LogP contribution in [0, 0.1) is 18.2 Å². The zero-order valence-corrected chi connectivity index (χ0v) is 10.5. The van der Waals surface area contributed by atoms with Crippen LogP contribution < -0.4 is 5.73 Å². The fourth-order valence-corrected chi connectivity index (χ4v) is 1.45. The minimum Gasteiger partial charge on any atom is -0.324 e. The number of rotatable bonds is 1. The highest BCUT2D eigenvalue weighted by molar-refractivity contribution is 5.85. The fourth-order valence-electron chi connectivity index (χ4n) is 1.45. The van der Waals surface area contributed by atoms with E-state index in [2.05, 4.69) is 20.8 Å². The lowest BCUT2D eigenvalue weighted by Crippen LogP contribution is -2.26. The van der Waals surface area contributed by atoms with E-state index < -0.39 is 0 Å². The molecule has 1 nitrogen and oxygen atoms in total. The van der Waals surface area contributed by atoms with Crippen LogP contribution in [0.5, 0.6) is 0 Å². The van der Waals surface area contributed by atoms with E-state index in [4.69, 9.17) is 5.73 Å². The Morgan fingerprint density at radius 2 is 1.80 bits per heavy atom. The molecule has 2 N–H and O–H groups in total. The number of halogens is 2. The highest BCUT2D eigenvalue weighted by Gasteiger charge is 2.23. The second-order valence-electron chi connectivity index (χ2n) is 4.84. The van der Waals surface area contributed by atoms with Gasteiger partial charge < -0.3 is 5.73 Å². The van der Waals surface area contributed by atoms with Gasteiger partial charge in [-0.3, -0.25) is 0 Å². The van der Waals surface area contributed by atoms with Gasteiger partial charge in [0.05, 0.1) is 0 Å². The van der Waals surface area contributed by atoms with Crippen molar-refractivity contribution in [3.63, 3.8) is 0 Å². The van der Waals surface area contributed by atoms with Crippen LogP contribution in [0.1, 0.15) is 37.9 Å². The molecular formula is C12H19ClFN. The van der Waals surface area contributed by atoms with Gasteiger partial charge in [-0.1, -0.05) is 26.8 Å². The normalized spacial score (nSPS) is 13.2. The molecule has 1 aromatic carbocycles. The Bertz CT molecular complexity index is 331. The first kappa shape index (κ1) is 14.4. The number of benzene rings is 1. The molecule has 0 fully saturated rings. The summed E-state index contributed by atoms with van der Waals surface area (Å²) in [5.41, 5.74) is 8.05. The number of nitrogens with two attached hydrogens (primary N) is 1. The standard InChI is InChI=1S/C12H18FN.ClH/c1-8-7-9(13)5-6-10(8)11(14)12(2,3)4;/h5-7,11H,14H2,1-4H3;1H/t11-;/m1./s1. The maximum Gasteiger partial charge on any atom is 0.123 e. The smallest absolute Gasteiger partial charge is 0.123 e. The van der Waals surface area contributed by atoms with Crippen LogP contribution in [0.3, 0.4) is 0 Å². The van der Waals surface area contributed by atoms with Gasteiger partial charge in [-0.15, -0.1) is 12.4 Å². The second-order valence-corrected chi connectivity index (χ2v) is 4.84. The van der Waals surface area contributed by atoms with E-state index >= 15 is 0 Å². The molecule has 0 aliphatic heterocycles. The van der Waals surface area contributed by atoms with Crippen LogP contribution in [0.15, 0.2) is 18.2 Å². The Hall–Kier alpha value is -0.600. The predicted molar refractivity (Wildman–Crippen MR) is 64.8 cm³/mol. The maximum absolute atomic E-state index is 12.9. The molecule has 0 spiro atoms. The fraction of sp³-hybridized carbons (Fsp3) is 0.500. The Balaban J connectivity index is 0.00000196. The van der Waals surface area contributed by atoms with E-state index in [9.17, 15) is 4.39 Å². The van der Waals surface area contributed by atoms with Crippen molar-refractivity contribution in [3.05, 3.63) is 35.1 Å². The summed E-state index contributed by atoms with van der Waals surface area (Å²) in [6.45, 7) is 8.14. The van der Waals surface area contributed by atoms with Crippen LogP contribution >= 0.6 is 12.4 Å². The maximum atomic E-state index is 12.9. The summed E-state index contributed by atoms with van der Waals surface area (Å²) in [5, 5.41) is 0. The molecule has 86 valence electrons. The molecule has 0 aliphatic rings. The van der Waals surface area contributed by atoms with E-state index in [1.165, 1.54) is 12.1 Å². The SMILES string of the molecule is Cc1cc(F)ccc1[C@@H](N)C(C)(C)C.Cl. The van der Waals surface area contributed by atoms with Crippen molar-refractivity contribution in [2.24, 2.45) is 11.1 Å². The van der Waals surface area contributed by atoms with Crippen molar-refractivity contribution < 1.29 is 4.39 Å². The molecule has 0 bridgehead atoms. The van der Waals surface area contributed by atoms with Crippen LogP contribution in [0.25, 0.3) is 0 Å². The minimum atomic E-state index is -0.202. The molecule has 0 unspecified atom stereocenters. The number of hydrogen-bond acceptors (Lipinski definition) is 1. The van der Waals surface area contributed by atoms with Gasteiger partial charge in [0, 0.05) is 6.04 Å². The van der Waals surface area contributed by atoms with Gasteiger partial charge in [0.25, 0.3) is 0 Å². The first-order chi connectivity index (χ1) is 6.32. The summed E-state index contributed by atoms with van der Waals surface area (Å²) in [6, 6.07) is 4.72. The lowest BCUT2D eigenvalue weighted by molar-refractivity contribution is 0.326. The molecule has 0 radical (unpaired) electrons. The third-order valence-electron chi connectivity index (χ3n) is 2.50. The molecule has 0 heterocycles. The van der Waals surface area contributed by atoms with E-state index in [0.29, 0.717) is 0 Å². The molecule has 1 rings (SSSR count). The van der Waals surface area contributed by atoms with Gasteiger partial charge in [0.2, 0.25) is 0 Å². The number of aryl methyl sites for hydroxylation is 1. The Kier molecular flexibility index (Phi) is 4.75. The molecule has 15 heavy (non-hydrogen) atoms. The van der Waals surface area contributed by atoms with Crippen LogP contribution in [0.2, 0.25) is 0 Å². The third-order valence-corrected chi connectivity index (χ3v) is 2.50. The van der Waals surface area contributed by atoms with Gasteiger partial charge in [-0.2, -0.15) is 0 Å². The summed E-state index contributed by atoms with van der Waals surface area (Å²) in [5.74, 6) is -0.202. The zero-order chi connectivity index (χ0) is 10.9. The van der Waals surface area contributed by atoms with Crippen molar-refractivity contribution in [1.29, 1.82) is 0 Å². The van der Waals surface area contributed by atoms with E-state index in [0.717, 1.165) is 11.1 Å². The third kappa shape index (κ3) is 3.47. The highest BCUT2D eigenvalue weighted by atomic mass is 35.5. The van der Waals surface area contributed by atoms with Crippen LogP contribution in [-0.4, -0.2) is 0 Å². The average molecular weight is 232 g/mol. The summed E-state index contributed by atoms with van der Waals surface area (Å²) >= 11 is 0. The zero-order valence-electron chi connectivity index (χ0n) is 9.67. The van der Waals surface area contributed by atoms with Gasteiger partial charge in [0.15, 0.2) is 0 Å². The molecule has 0 saturated carbocycles. The van der Waals surface area contributed by atoms with Crippen molar-refractivity contribution in [1.82, 2.24) is 0 Å². The van der Waals surface area contributed by atoms with Crippen molar-refractivity contribution in [3.8, 4) is 0 Å². The van der Waals surface area contributed by atoms with Crippen molar-refractivity contribution in [2.75, 3.05) is 0 Å². The van der Waals surface area contributed by atoms with Crippen LogP contribution in [-0.2, 0) is 0 Å². The molecule has 3 heteroatoms. The van der Waals surface area contributed by atoms with Crippen molar-refractivity contribution >= 4 is 12.4 Å². The summed E-state index contributed by atoms with van der Waals surface area (Å²) in [7, 11) is 0. The van der Waals surface area contributed by atoms with Crippen LogP contribution in [0.4, 0.5) is 4.39 Å². The quantitative estimate of drug-likeness (QED) is 0.785. The minimum absolute atomic E-state index is 0. The largest absolute Gasteiger partial charge is 0.324 e. The first-order valence-corrected chi connectivity index (χ1v) is 4.84. The second kappa shape index (κ2) is 4.95. The van der Waals surface area contributed by atoms with Gasteiger partial charge >= 0.3 is 0 Å². The van der Waals surface area contributed by atoms with E-state index in [-0.39, 0.29) is 29.7 Å². The molecule has 0 aliphatic carbocycles. The highest BCUT2D eigenvalue weighted by Crippen LogP contribution is 2.32. The van der Waals surface area contributed by atoms with Crippen molar-refractivity contribution in [2.45, 2.75) is 33.7 Å². The topological polar surface area (TPSA) is 26.0 Å². The first-order valence-electron chi connectivity index (χ1n) is 4.84. The van der Waals surface area contributed by atoms with Gasteiger partial charge in [-0.05, 0) is 35.6 Å². The molecule has 0 aromatic heterocycles. The number of hydrogen-bond donors (Lipinski definition) is 1. The molecule has 0 amide bonds. The van der Waals surface area contributed by atoms with Gasteiger partial charge in [0.1, 0.15) is 5.82 Å². The average Bonchev–Trinajstić information content (AvgIpc) is 2.01. The Morgan fingerprint density at radius 3 is 2.20 bits per heavy atom. The lowest BCUT2D eigenvalue weighted by atomic mass is 9.81. The summed E-state index contributed by atoms with van der Waals surface area (Å²) in [6.07, 6.45) is 0. The molecular weight excluding hydrogens is 213 g/mol. The van der Waals surface area contributed by atoms with Gasteiger partial charge in [-0.25, -0.2) is 4.39 Å². The van der Waals surface area contributed by atoms with E-state index in [1.54, 1.807) is 6.07 Å². The molecule has 0 saturated heterocycles. The van der Waals surface area contributed by atoms with E-state index in [1.807, 2.05) is 6.92 Å². The monoisotopic (exact) mass is 231 g/mol. The Morgan fingerprint density at radius 1 is 1.27 bits per heavy atom. The predicted octanol–water partition coefficient (Wildman–Crippen LogP) is 3.60.